The number of halogens is 1. The minimum Gasteiger partial charge on any atom is -0.444 e. The Labute approximate surface area is 153 Å². The fraction of sp³-hybridized carbons (Fsp3) is 0.474. The summed E-state index contributed by atoms with van der Waals surface area (Å²) < 4.78 is 5.48. The van der Waals surface area contributed by atoms with Gasteiger partial charge in [-0.3, -0.25) is 4.98 Å². The van der Waals surface area contributed by atoms with Gasteiger partial charge in [-0.1, -0.05) is 11.6 Å². The van der Waals surface area contributed by atoms with Crippen LogP contribution < -0.4 is 4.90 Å². The van der Waals surface area contributed by atoms with E-state index in [2.05, 4.69) is 9.88 Å². The molecule has 2 heterocycles. The Hall–Kier alpha value is -2.01. The summed E-state index contributed by atoms with van der Waals surface area (Å²) in [5.74, 6) is 0. The number of amides is 1. The van der Waals surface area contributed by atoms with Crippen molar-refractivity contribution in [3.8, 4) is 0 Å². The third kappa shape index (κ3) is 3.98. The molecule has 1 aliphatic heterocycles. The highest BCUT2D eigenvalue weighted by molar-refractivity contribution is 6.31. The second-order valence-electron chi connectivity index (χ2n) is 7.47. The van der Waals surface area contributed by atoms with Crippen LogP contribution in [0.5, 0.6) is 0 Å². The summed E-state index contributed by atoms with van der Waals surface area (Å²) in [7, 11) is 1.81. The number of fused-ring (bicyclic) bond motifs is 1. The van der Waals surface area contributed by atoms with Crippen LogP contribution in [0.25, 0.3) is 10.9 Å². The van der Waals surface area contributed by atoms with Gasteiger partial charge in [0.15, 0.2) is 0 Å². The predicted molar refractivity (Wildman–Crippen MR) is 101 cm³/mol. The molecule has 0 saturated carbocycles. The Morgan fingerprint density at radius 1 is 1.36 bits per heavy atom. The van der Waals surface area contributed by atoms with Crippen LogP contribution in [0.4, 0.5) is 10.5 Å². The summed E-state index contributed by atoms with van der Waals surface area (Å²) in [6.07, 6.45) is 2.44. The molecular formula is C19H24ClN3O2. The van der Waals surface area contributed by atoms with Gasteiger partial charge in [0.25, 0.3) is 0 Å². The van der Waals surface area contributed by atoms with Crippen molar-refractivity contribution >= 4 is 34.3 Å². The molecule has 2 aromatic rings. The van der Waals surface area contributed by atoms with Gasteiger partial charge in [0.2, 0.25) is 0 Å². The Morgan fingerprint density at radius 3 is 2.84 bits per heavy atom. The molecule has 134 valence electrons. The summed E-state index contributed by atoms with van der Waals surface area (Å²) in [5, 5.41) is 1.76. The predicted octanol–water partition coefficient (Wildman–Crippen LogP) is 4.33. The van der Waals surface area contributed by atoms with Crippen LogP contribution in [-0.4, -0.2) is 47.8 Å². The van der Waals surface area contributed by atoms with Gasteiger partial charge in [0.05, 0.1) is 11.6 Å². The van der Waals surface area contributed by atoms with E-state index in [1.807, 2.05) is 52.1 Å². The first kappa shape index (κ1) is 17.8. The standard InChI is InChI=1S/C19H24ClN3O2/c1-19(2,3)25-18(24)22(4)14-8-10-23(12-14)17-7-9-21-16-11-13(20)5-6-15(16)17/h5-7,9,11,14H,8,10,12H2,1-4H3. The highest BCUT2D eigenvalue weighted by Gasteiger charge is 2.31. The maximum absolute atomic E-state index is 12.3. The molecule has 3 rings (SSSR count). The van der Waals surface area contributed by atoms with Crippen LogP contribution in [0.15, 0.2) is 30.5 Å². The lowest BCUT2D eigenvalue weighted by Gasteiger charge is -2.29. The first-order valence-electron chi connectivity index (χ1n) is 8.49. The lowest BCUT2D eigenvalue weighted by Crippen LogP contribution is -2.42. The molecule has 0 N–H and O–H groups in total. The third-order valence-corrected chi connectivity index (χ3v) is 4.65. The second kappa shape index (κ2) is 6.71. The fourth-order valence-electron chi connectivity index (χ4n) is 3.14. The number of nitrogens with zero attached hydrogens (tertiary/aromatic N) is 3. The minimum atomic E-state index is -0.482. The van der Waals surface area contributed by atoms with Gasteiger partial charge in [-0.2, -0.15) is 0 Å². The number of carbonyl (C=O) groups excluding carboxylic acids is 1. The number of hydrogen-bond donors (Lipinski definition) is 0. The molecule has 1 amide bonds. The number of rotatable bonds is 2. The molecule has 6 heteroatoms. The van der Waals surface area contributed by atoms with E-state index in [0.717, 1.165) is 36.1 Å². The van der Waals surface area contributed by atoms with Gasteiger partial charge >= 0.3 is 6.09 Å². The van der Waals surface area contributed by atoms with Crippen molar-refractivity contribution in [3.63, 3.8) is 0 Å². The van der Waals surface area contributed by atoms with Crippen LogP contribution >= 0.6 is 11.6 Å². The van der Waals surface area contributed by atoms with Crippen molar-refractivity contribution in [1.29, 1.82) is 0 Å². The molecule has 0 aliphatic carbocycles. The van der Waals surface area contributed by atoms with Crippen molar-refractivity contribution in [2.45, 2.75) is 38.8 Å². The summed E-state index contributed by atoms with van der Waals surface area (Å²) in [6.45, 7) is 7.31. The smallest absolute Gasteiger partial charge is 0.410 e. The number of pyridine rings is 1. The Balaban J connectivity index is 1.76. The van der Waals surface area contributed by atoms with E-state index < -0.39 is 5.60 Å². The van der Waals surface area contributed by atoms with Crippen LogP contribution in [0.1, 0.15) is 27.2 Å². The third-order valence-electron chi connectivity index (χ3n) is 4.42. The van der Waals surface area contributed by atoms with E-state index in [1.165, 1.54) is 0 Å². The average Bonchev–Trinajstić information content (AvgIpc) is 3.01. The largest absolute Gasteiger partial charge is 0.444 e. The van der Waals surface area contributed by atoms with E-state index in [9.17, 15) is 4.79 Å². The molecule has 0 radical (unpaired) electrons. The van der Waals surface area contributed by atoms with Gasteiger partial charge in [-0.05, 0) is 51.5 Å². The molecule has 5 nitrogen and oxygen atoms in total. The van der Waals surface area contributed by atoms with Crippen LogP contribution in [0.2, 0.25) is 5.02 Å². The van der Waals surface area contributed by atoms with E-state index in [4.69, 9.17) is 16.3 Å². The first-order valence-corrected chi connectivity index (χ1v) is 8.87. The molecule has 25 heavy (non-hydrogen) atoms. The van der Waals surface area contributed by atoms with E-state index in [1.54, 1.807) is 11.1 Å². The quantitative estimate of drug-likeness (QED) is 0.798. The number of carbonyl (C=O) groups is 1. The molecule has 1 aromatic carbocycles. The van der Waals surface area contributed by atoms with E-state index >= 15 is 0 Å². The summed E-state index contributed by atoms with van der Waals surface area (Å²) in [4.78, 5) is 20.7. The molecule has 0 spiro atoms. The highest BCUT2D eigenvalue weighted by Crippen LogP contribution is 2.30. The zero-order valence-corrected chi connectivity index (χ0v) is 15.9. The maximum atomic E-state index is 12.3. The molecule has 1 aromatic heterocycles. The van der Waals surface area contributed by atoms with Crippen molar-refractivity contribution < 1.29 is 9.53 Å². The van der Waals surface area contributed by atoms with E-state index in [-0.39, 0.29) is 12.1 Å². The highest BCUT2D eigenvalue weighted by atomic mass is 35.5. The topological polar surface area (TPSA) is 45.7 Å². The fourth-order valence-corrected chi connectivity index (χ4v) is 3.31. The molecule has 1 unspecified atom stereocenters. The van der Waals surface area contributed by atoms with Crippen molar-refractivity contribution in [1.82, 2.24) is 9.88 Å². The van der Waals surface area contributed by atoms with Crippen LogP contribution in [0, 0.1) is 0 Å². The SMILES string of the molecule is CN(C(=O)OC(C)(C)C)C1CCN(c2ccnc3cc(Cl)ccc23)C1. The van der Waals surface area contributed by atoms with Gasteiger partial charge < -0.3 is 14.5 Å². The zero-order valence-electron chi connectivity index (χ0n) is 15.1. The van der Waals surface area contributed by atoms with Gasteiger partial charge in [0.1, 0.15) is 5.60 Å². The molecular weight excluding hydrogens is 338 g/mol. The van der Waals surface area contributed by atoms with Crippen LogP contribution in [0.3, 0.4) is 0 Å². The Morgan fingerprint density at radius 2 is 2.12 bits per heavy atom. The average molecular weight is 362 g/mol. The molecule has 1 atom stereocenters. The van der Waals surface area contributed by atoms with Crippen molar-refractivity contribution in [3.05, 3.63) is 35.5 Å². The van der Waals surface area contributed by atoms with Crippen molar-refractivity contribution in [2.75, 3.05) is 25.0 Å². The number of hydrogen-bond acceptors (Lipinski definition) is 4. The molecule has 0 bridgehead atoms. The summed E-state index contributed by atoms with van der Waals surface area (Å²) in [6, 6.07) is 7.91. The Kier molecular flexibility index (Phi) is 4.78. The number of ether oxygens (including phenoxy) is 1. The number of aromatic nitrogens is 1. The minimum absolute atomic E-state index is 0.130. The monoisotopic (exact) mass is 361 g/mol. The molecule has 1 aliphatic rings. The molecule has 1 fully saturated rings. The van der Waals surface area contributed by atoms with Crippen LogP contribution in [-0.2, 0) is 4.74 Å². The summed E-state index contributed by atoms with van der Waals surface area (Å²) >= 11 is 6.07. The Bertz CT molecular complexity index is 788. The number of benzene rings is 1. The van der Waals surface area contributed by atoms with Gasteiger partial charge in [-0.25, -0.2) is 4.79 Å². The maximum Gasteiger partial charge on any atom is 0.410 e. The lowest BCUT2D eigenvalue weighted by molar-refractivity contribution is 0.0238. The van der Waals surface area contributed by atoms with Gasteiger partial charge in [0, 0.05) is 42.4 Å². The second-order valence-corrected chi connectivity index (χ2v) is 7.91. The number of anilines is 1. The van der Waals surface area contributed by atoms with Crippen molar-refractivity contribution in [2.24, 2.45) is 0 Å². The van der Waals surface area contributed by atoms with Gasteiger partial charge in [-0.15, -0.1) is 0 Å². The normalized spacial score (nSPS) is 17.8. The molecule has 1 saturated heterocycles. The van der Waals surface area contributed by atoms with E-state index in [0.29, 0.717) is 5.02 Å². The number of likely N-dealkylation sites (N-methyl/N-ethyl adjacent to an activating group) is 1. The zero-order chi connectivity index (χ0) is 18.2. The first-order chi connectivity index (χ1) is 11.7. The summed E-state index contributed by atoms with van der Waals surface area (Å²) in [5.41, 5.74) is 1.53. The lowest BCUT2D eigenvalue weighted by atomic mass is 10.1.